The van der Waals surface area contributed by atoms with E-state index in [1.807, 2.05) is 54.6 Å². The molecule has 1 unspecified atom stereocenters. The molecule has 3 aromatic rings. The van der Waals surface area contributed by atoms with E-state index in [1.54, 1.807) is 30.3 Å². The van der Waals surface area contributed by atoms with Crippen LogP contribution in [-0.2, 0) is 6.42 Å². The van der Waals surface area contributed by atoms with E-state index in [-0.39, 0.29) is 17.5 Å². The van der Waals surface area contributed by atoms with Crippen molar-refractivity contribution in [3.63, 3.8) is 0 Å². The first-order valence-electron chi connectivity index (χ1n) is 9.58. The molecule has 1 aliphatic rings. The standard InChI is InChI=1S/C26H22O2/c1-2-23-22-16-10-9-11-19(22)17-18-26(23,24(27)20-12-5-3-6-13-20)25(28)21-14-7-4-8-15-21/h2-16,23H,1,17-18H2. The molecule has 0 amide bonds. The van der Waals surface area contributed by atoms with Crippen LogP contribution in [0.3, 0.4) is 0 Å². The fourth-order valence-corrected chi connectivity index (χ4v) is 4.45. The van der Waals surface area contributed by atoms with Crippen LogP contribution in [0, 0.1) is 5.41 Å². The molecule has 0 aromatic heterocycles. The number of hydrogen-bond donors (Lipinski definition) is 0. The highest BCUT2D eigenvalue weighted by Crippen LogP contribution is 2.50. The van der Waals surface area contributed by atoms with Gasteiger partial charge < -0.3 is 0 Å². The fourth-order valence-electron chi connectivity index (χ4n) is 4.45. The summed E-state index contributed by atoms with van der Waals surface area (Å²) in [5.41, 5.74) is 2.16. The summed E-state index contributed by atoms with van der Waals surface area (Å²) >= 11 is 0. The maximum atomic E-state index is 13.8. The number of ketones is 2. The highest BCUT2D eigenvalue weighted by Gasteiger charge is 2.53. The van der Waals surface area contributed by atoms with Gasteiger partial charge in [-0.3, -0.25) is 9.59 Å². The van der Waals surface area contributed by atoms with Gasteiger partial charge in [-0.2, -0.15) is 0 Å². The van der Waals surface area contributed by atoms with Gasteiger partial charge in [0.2, 0.25) is 0 Å². The van der Waals surface area contributed by atoms with E-state index in [4.69, 9.17) is 0 Å². The van der Waals surface area contributed by atoms with E-state index < -0.39 is 5.41 Å². The maximum Gasteiger partial charge on any atom is 0.177 e. The Labute approximate surface area is 165 Å². The van der Waals surface area contributed by atoms with Crippen LogP contribution in [0.5, 0.6) is 0 Å². The molecule has 4 rings (SSSR count). The average molecular weight is 366 g/mol. The lowest BCUT2D eigenvalue weighted by molar-refractivity contribution is 0.0608. The molecule has 138 valence electrons. The zero-order chi connectivity index (χ0) is 19.6. The summed E-state index contributed by atoms with van der Waals surface area (Å²) in [6.07, 6.45) is 2.94. The third kappa shape index (κ3) is 2.82. The first kappa shape index (κ1) is 18.1. The Morgan fingerprint density at radius 1 is 0.786 bits per heavy atom. The Morgan fingerprint density at radius 2 is 1.29 bits per heavy atom. The molecule has 0 saturated carbocycles. The summed E-state index contributed by atoms with van der Waals surface area (Å²) in [5.74, 6) is -0.611. The SMILES string of the molecule is C=CC1c2ccccc2CCC1(C(=O)c1ccccc1)C(=O)c1ccccc1. The monoisotopic (exact) mass is 366 g/mol. The molecule has 0 aliphatic heterocycles. The molecule has 1 atom stereocenters. The van der Waals surface area contributed by atoms with Crippen molar-refractivity contribution in [3.8, 4) is 0 Å². The lowest BCUT2D eigenvalue weighted by atomic mass is 9.58. The van der Waals surface area contributed by atoms with Gasteiger partial charge >= 0.3 is 0 Å². The van der Waals surface area contributed by atoms with Gasteiger partial charge in [-0.1, -0.05) is 91.0 Å². The molecule has 0 spiro atoms. The van der Waals surface area contributed by atoms with E-state index in [9.17, 15) is 9.59 Å². The molecule has 0 radical (unpaired) electrons. The number of rotatable bonds is 5. The zero-order valence-corrected chi connectivity index (χ0v) is 15.7. The van der Waals surface area contributed by atoms with Crippen molar-refractivity contribution in [1.29, 1.82) is 0 Å². The third-order valence-electron chi connectivity index (χ3n) is 5.83. The molecule has 2 heteroatoms. The second kappa shape index (κ2) is 7.40. The molecule has 3 aromatic carbocycles. The number of hydrogen-bond acceptors (Lipinski definition) is 2. The molecular weight excluding hydrogens is 344 g/mol. The van der Waals surface area contributed by atoms with Crippen LogP contribution in [0.2, 0.25) is 0 Å². The maximum absolute atomic E-state index is 13.8. The van der Waals surface area contributed by atoms with Crippen molar-refractivity contribution in [1.82, 2.24) is 0 Å². The topological polar surface area (TPSA) is 34.1 Å². The van der Waals surface area contributed by atoms with E-state index in [2.05, 4.69) is 12.6 Å². The van der Waals surface area contributed by atoms with Crippen LogP contribution in [0.15, 0.2) is 97.6 Å². The molecule has 0 fully saturated rings. The van der Waals surface area contributed by atoms with E-state index in [0.717, 1.165) is 5.56 Å². The second-order valence-corrected chi connectivity index (χ2v) is 7.27. The van der Waals surface area contributed by atoms with Crippen molar-refractivity contribution in [2.24, 2.45) is 5.41 Å². The van der Waals surface area contributed by atoms with Gasteiger partial charge in [-0.25, -0.2) is 0 Å². The van der Waals surface area contributed by atoms with Gasteiger partial charge in [0.25, 0.3) is 0 Å². The minimum absolute atomic E-state index is 0.124. The molecule has 0 N–H and O–H groups in total. The summed E-state index contributed by atoms with van der Waals surface area (Å²) in [7, 11) is 0. The second-order valence-electron chi connectivity index (χ2n) is 7.27. The number of allylic oxidation sites excluding steroid dienone is 1. The summed E-state index contributed by atoms with van der Waals surface area (Å²) in [5, 5.41) is 0. The molecule has 28 heavy (non-hydrogen) atoms. The number of carbonyl (C=O) groups excluding carboxylic acids is 2. The zero-order valence-electron chi connectivity index (χ0n) is 15.7. The largest absolute Gasteiger partial charge is 0.293 e. The van der Waals surface area contributed by atoms with Gasteiger partial charge in [0.15, 0.2) is 11.6 Å². The highest BCUT2D eigenvalue weighted by molar-refractivity contribution is 6.20. The Bertz CT molecular complexity index is 967. The van der Waals surface area contributed by atoms with Crippen LogP contribution in [0.4, 0.5) is 0 Å². The molecular formula is C26H22O2. The van der Waals surface area contributed by atoms with Gasteiger partial charge in [0.1, 0.15) is 5.41 Å². The van der Waals surface area contributed by atoms with Gasteiger partial charge in [-0.05, 0) is 24.0 Å². The number of benzene rings is 3. The number of Topliss-reactive ketones (excluding diaryl/α,β-unsaturated/α-hetero) is 2. The third-order valence-corrected chi connectivity index (χ3v) is 5.83. The smallest absolute Gasteiger partial charge is 0.177 e. The Kier molecular flexibility index (Phi) is 4.79. The minimum Gasteiger partial charge on any atom is -0.293 e. The predicted molar refractivity (Wildman–Crippen MR) is 112 cm³/mol. The summed E-state index contributed by atoms with van der Waals surface area (Å²) in [6.45, 7) is 4.03. The lowest BCUT2D eigenvalue weighted by Gasteiger charge is -2.41. The van der Waals surface area contributed by atoms with Crippen molar-refractivity contribution in [2.75, 3.05) is 0 Å². The Balaban J connectivity index is 1.93. The van der Waals surface area contributed by atoms with Crippen molar-refractivity contribution in [3.05, 3.63) is 120 Å². The van der Waals surface area contributed by atoms with Gasteiger partial charge in [-0.15, -0.1) is 6.58 Å². The lowest BCUT2D eigenvalue weighted by Crippen LogP contribution is -2.47. The highest BCUT2D eigenvalue weighted by atomic mass is 16.2. The van der Waals surface area contributed by atoms with Gasteiger partial charge in [0, 0.05) is 17.0 Å². The number of carbonyl (C=O) groups is 2. The quantitative estimate of drug-likeness (QED) is 0.332. The van der Waals surface area contributed by atoms with Crippen LogP contribution in [0.1, 0.15) is 44.2 Å². The van der Waals surface area contributed by atoms with E-state index in [1.165, 1.54) is 5.56 Å². The number of fused-ring (bicyclic) bond motifs is 1. The van der Waals surface area contributed by atoms with Crippen LogP contribution >= 0.6 is 0 Å². The van der Waals surface area contributed by atoms with Crippen LogP contribution in [-0.4, -0.2) is 11.6 Å². The molecule has 1 aliphatic carbocycles. The number of aryl methyl sites for hydroxylation is 1. The average Bonchev–Trinajstić information content (AvgIpc) is 2.78. The first-order valence-corrected chi connectivity index (χ1v) is 9.58. The fraction of sp³-hybridized carbons (Fsp3) is 0.154. The predicted octanol–water partition coefficient (Wildman–Crippen LogP) is 5.65. The van der Waals surface area contributed by atoms with Gasteiger partial charge in [0.05, 0.1) is 0 Å². The molecule has 0 saturated heterocycles. The van der Waals surface area contributed by atoms with Crippen molar-refractivity contribution < 1.29 is 9.59 Å². The minimum atomic E-state index is -1.18. The normalized spacial score (nSPS) is 17.4. The first-order chi connectivity index (χ1) is 13.7. The van der Waals surface area contributed by atoms with E-state index >= 15 is 0 Å². The van der Waals surface area contributed by atoms with Crippen molar-refractivity contribution in [2.45, 2.75) is 18.8 Å². The molecule has 2 nitrogen and oxygen atoms in total. The molecule has 0 bridgehead atoms. The van der Waals surface area contributed by atoms with Crippen LogP contribution in [0.25, 0.3) is 0 Å². The van der Waals surface area contributed by atoms with Crippen molar-refractivity contribution >= 4 is 11.6 Å². The molecule has 0 heterocycles. The van der Waals surface area contributed by atoms with Crippen LogP contribution < -0.4 is 0 Å². The summed E-state index contributed by atoms with van der Waals surface area (Å²) in [4.78, 5) is 27.7. The van der Waals surface area contributed by atoms with E-state index in [0.29, 0.717) is 24.0 Å². The summed E-state index contributed by atoms with van der Waals surface area (Å²) in [6, 6.07) is 26.4. The Morgan fingerprint density at radius 3 is 1.82 bits per heavy atom. The Hall–Kier alpha value is -3.26. The summed E-state index contributed by atoms with van der Waals surface area (Å²) < 4.78 is 0.